The zero-order valence-corrected chi connectivity index (χ0v) is 8.45. The van der Waals surface area contributed by atoms with Crippen LogP contribution in [-0.4, -0.2) is 9.38 Å². The fourth-order valence-corrected chi connectivity index (χ4v) is 1.94. The molecule has 2 aromatic heterocycles. The molecule has 0 aliphatic heterocycles. The first-order chi connectivity index (χ1) is 7.25. The monoisotopic (exact) mass is 218 g/mol. The lowest BCUT2D eigenvalue weighted by Gasteiger charge is -2.02. The van der Waals surface area contributed by atoms with Crippen molar-refractivity contribution in [2.75, 3.05) is 0 Å². The van der Waals surface area contributed by atoms with Crippen molar-refractivity contribution >= 4 is 28.2 Å². The zero-order chi connectivity index (χ0) is 10.4. The molecule has 74 valence electrons. The molecule has 0 atom stereocenters. The maximum Gasteiger partial charge on any atom is 0.272 e. The van der Waals surface area contributed by atoms with E-state index in [2.05, 4.69) is 4.98 Å². The summed E-state index contributed by atoms with van der Waals surface area (Å²) in [6.45, 7) is 0. The molecular formula is C11H7ClN2O. The van der Waals surface area contributed by atoms with Crippen molar-refractivity contribution in [3.63, 3.8) is 0 Å². The molecule has 0 bridgehead atoms. The first-order valence-corrected chi connectivity index (χ1v) is 4.92. The van der Waals surface area contributed by atoms with Gasteiger partial charge in [-0.25, -0.2) is 0 Å². The molecule has 4 heteroatoms. The average molecular weight is 219 g/mol. The summed E-state index contributed by atoms with van der Waals surface area (Å²) in [5.41, 5.74) is 2.23. The minimum Gasteiger partial charge on any atom is -0.319 e. The second-order valence-corrected chi connectivity index (χ2v) is 3.82. The summed E-state index contributed by atoms with van der Waals surface area (Å²) in [5, 5.41) is 0.657. The Morgan fingerprint density at radius 2 is 2.07 bits per heavy atom. The molecule has 1 N–H and O–H groups in total. The minimum atomic E-state index is -0.0881. The summed E-state index contributed by atoms with van der Waals surface area (Å²) in [6, 6.07) is 9.01. The Bertz CT molecular complexity index is 711. The van der Waals surface area contributed by atoms with Gasteiger partial charge in [0, 0.05) is 11.2 Å². The molecule has 2 heterocycles. The Labute approximate surface area is 89.9 Å². The van der Waals surface area contributed by atoms with Crippen LogP contribution in [0.4, 0.5) is 0 Å². The fourth-order valence-electron chi connectivity index (χ4n) is 1.77. The number of aromatic amines is 1. The van der Waals surface area contributed by atoms with Crippen LogP contribution >= 0.6 is 11.6 Å². The van der Waals surface area contributed by atoms with Gasteiger partial charge in [-0.1, -0.05) is 11.6 Å². The number of hydrogen-bond acceptors (Lipinski definition) is 1. The summed E-state index contributed by atoms with van der Waals surface area (Å²) in [4.78, 5) is 14.4. The lowest BCUT2D eigenvalue weighted by atomic mass is 10.3. The molecule has 3 rings (SSSR count). The van der Waals surface area contributed by atoms with Crippen LogP contribution in [0.25, 0.3) is 16.6 Å². The predicted molar refractivity (Wildman–Crippen MR) is 60.5 cm³/mol. The van der Waals surface area contributed by atoms with Crippen LogP contribution in [0.15, 0.2) is 41.3 Å². The second kappa shape index (κ2) is 2.87. The van der Waals surface area contributed by atoms with E-state index >= 15 is 0 Å². The van der Waals surface area contributed by atoms with Gasteiger partial charge in [0.25, 0.3) is 5.56 Å². The van der Waals surface area contributed by atoms with E-state index in [1.54, 1.807) is 18.2 Å². The van der Waals surface area contributed by atoms with E-state index in [4.69, 9.17) is 11.6 Å². The minimum absolute atomic E-state index is 0.0881. The van der Waals surface area contributed by atoms with Gasteiger partial charge in [0.15, 0.2) is 0 Å². The number of halogens is 1. The van der Waals surface area contributed by atoms with Gasteiger partial charge in [-0.15, -0.1) is 0 Å². The third-order valence-corrected chi connectivity index (χ3v) is 2.68. The molecule has 0 saturated carbocycles. The van der Waals surface area contributed by atoms with Crippen molar-refractivity contribution in [3.05, 3.63) is 51.9 Å². The number of nitrogens with one attached hydrogen (secondary N) is 1. The average Bonchev–Trinajstić information content (AvgIpc) is 2.69. The van der Waals surface area contributed by atoms with Gasteiger partial charge >= 0.3 is 0 Å². The number of hydrogen-bond donors (Lipinski definition) is 1. The fraction of sp³-hybridized carbons (Fsp3) is 0. The molecule has 3 aromatic rings. The van der Waals surface area contributed by atoms with E-state index in [0.29, 0.717) is 10.5 Å². The predicted octanol–water partition coefficient (Wildman–Crippen LogP) is 2.43. The van der Waals surface area contributed by atoms with Crippen LogP contribution in [0.3, 0.4) is 0 Å². The first kappa shape index (κ1) is 8.56. The van der Waals surface area contributed by atoms with E-state index in [1.165, 1.54) is 0 Å². The molecule has 0 unspecified atom stereocenters. The Morgan fingerprint density at radius 1 is 1.20 bits per heavy atom. The van der Waals surface area contributed by atoms with E-state index in [0.717, 1.165) is 11.0 Å². The molecule has 3 nitrogen and oxygen atoms in total. The molecule has 0 aliphatic carbocycles. The molecule has 0 aliphatic rings. The molecule has 1 aromatic carbocycles. The highest BCUT2D eigenvalue weighted by Gasteiger charge is 2.03. The van der Waals surface area contributed by atoms with E-state index in [-0.39, 0.29) is 5.56 Å². The standard InChI is InChI=1S/C11H7ClN2O/c12-7-3-4-8-10(6-7)14-5-1-2-9(14)11(15)13-8/h1-6H,(H,13,15). The number of aromatic nitrogens is 2. The van der Waals surface area contributed by atoms with Crippen molar-refractivity contribution in [2.45, 2.75) is 0 Å². The Balaban J connectivity index is 2.67. The van der Waals surface area contributed by atoms with E-state index in [9.17, 15) is 4.79 Å². The van der Waals surface area contributed by atoms with Crippen molar-refractivity contribution in [1.82, 2.24) is 9.38 Å². The van der Waals surface area contributed by atoms with Crippen molar-refractivity contribution < 1.29 is 0 Å². The second-order valence-electron chi connectivity index (χ2n) is 3.38. The van der Waals surface area contributed by atoms with Gasteiger partial charge in [0.2, 0.25) is 0 Å². The summed E-state index contributed by atoms with van der Waals surface area (Å²) in [7, 11) is 0. The van der Waals surface area contributed by atoms with Crippen LogP contribution < -0.4 is 5.56 Å². The van der Waals surface area contributed by atoms with Crippen molar-refractivity contribution in [3.8, 4) is 0 Å². The van der Waals surface area contributed by atoms with Crippen LogP contribution in [-0.2, 0) is 0 Å². The third-order valence-electron chi connectivity index (χ3n) is 2.45. The Morgan fingerprint density at radius 3 is 2.93 bits per heavy atom. The summed E-state index contributed by atoms with van der Waals surface area (Å²) >= 11 is 5.92. The number of benzene rings is 1. The highest BCUT2D eigenvalue weighted by molar-refractivity contribution is 6.31. The maximum absolute atomic E-state index is 11.6. The van der Waals surface area contributed by atoms with Crippen LogP contribution in [0.5, 0.6) is 0 Å². The van der Waals surface area contributed by atoms with Crippen LogP contribution in [0.1, 0.15) is 0 Å². The maximum atomic E-state index is 11.6. The SMILES string of the molecule is O=c1[nH]c2ccc(Cl)cc2n2cccc12. The van der Waals surface area contributed by atoms with Gasteiger partial charge in [-0.2, -0.15) is 0 Å². The number of rotatable bonds is 0. The topological polar surface area (TPSA) is 37.3 Å². The summed E-state index contributed by atoms with van der Waals surface area (Å²) in [6.07, 6.45) is 1.85. The molecule has 0 amide bonds. The lowest BCUT2D eigenvalue weighted by Crippen LogP contribution is -2.09. The van der Waals surface area contributed by atoms with Crippen molar-refractivity contribution in [2.24, 2.45) is 0 Å². The van der Waals surface area contributed by atoms with E-state index in [1.807, 2.05) is 22.7 Å². The molecule has 0 spiro atoms. The van der Waals surface area contributed by atoms with Gasteiger partial charge < -0.3 is 9.38 Å². The molecule has 0 saturated heterocycles. The highest BCUT2D eigenvalue weighted by atomic mass is 35.5. The quantitative estimate of drug-likeness (QED) is 0.618. The van der Waals surface area contributed by atoms with Gasteiger partial charge in [-0.05, 0) is 30.3 Å². The number of nitrogens with zero attached hydrogens (tertiary/aromatic N) is 1. The van der Waals surface area contributed by atoms with Crippen LogP contribution in [0.2, 0.25) is 5.02 Å². The van der Waals surface area contributed by atoms with Gasteiger partial charge in [-0.3, -0.25) is 4.79 Å². The third kappa shape index (κ3) is 1.17. The zero-order valence-electron chi connectivity index (χ0n) is 7.70. The molecular weight excluding hydrogens is 212 g/mol. The normalized spacial score (nSPS) is 11.3. The molecule has 15 heavy (non-hydrogen) atoms. The molecule has 0 fully saturated rings. The lowest BCUT2D eigenvalue weighted by molar-refractivity contribution is 1.19. The number of fused-ring (bicyclic) bond motifs is 3. The molecule has 0 radical (unpaired) electrons. The van der Waals surface area contributed by atoms with Gasteiger partial charge in [0.05, 0.1) is 11.0 Å². The largest absolute Gasteiger partial charge is 0.319 e. The Kier molecular flexibility index (Phi) is 1.64. The van der Waals surface area contributed by atoms with E-state index < -0.39 is 0 Å². The smallest absolute Gasteiger partial charge is 0.272 e. The van der Waals surface area contributed by atoms with Crippen LogP contribution in [0, 0.1) is 0 Å². The van der Waals surface area contributed by atoms with Gasteiger partial charge in [0.1, 0.15) is 5.52 Å². The highest BCUT2D eigenvalue weighted by Crippen LogP contribution is 2.17. The Hall–Kier alpha value is -1.74. The first-order valence-electron chi connectivity index (χ1n) is 4.54. The van der Waals surface area contributed by atoms with Crippen molar-refractivity contribution in [1.29, 1.82) is 0 Å². The summed E-state index contributed by atoms with van der Waals surface area (Å²) in [5.74, 6) is 0. The summed E-state index contributed by atoms with van der Waals surface area (Å²) < 4.78 is 1.83. The number of H-pyrrole nitrogens is 1.